The molecule has 0 bridgehead atoms. The molecule has 5 aromatic rings. The Kier molecular flexibility index (Phi) is 4.92. The number of para-hydroxylation sites is 1. The molecule has 1 aliphatic carbocycles. The molecule has 1 aliphatic rings. The Labute approximate surface area is 194 Å². The van der Waals surface area contributed by atoms with Gasteiger partial charge in [0, 0.05) is 18.0 Å². The Balaban J connectivity index is 1.24. The molecule has 0 amide bonds. The normalized spacial score (nSPS) is 13.3. The summed E-state index contributed by atoms with van der Waals surface area (Å²) >= 11 is 1.66. The topological polar surface area (TPSA) is 85.6 Å². The van der Waals surface area contributed by atoms with E-state index in [-0.39, 0.29) is 11.8 Å². The minimum absolute atomic E-state index is 0.0268. The number of rotatable bonds is 6. The van der Waals surface area contributed by atoms with Crippen LogP contribution in [0.1, 0.15) is 23.2 Å². The van der Waals surface area contributed by atoms with Crippen LogP contribution in [0.4, 0.5) is 5.13 Å². The zero-order chi connectivity index (χ0) is 22.2. The number of nitrogens with one attached hydrogen (secondary N) is 1. The first-order valence-corrected chi connectivity index (χ1v) is 11.7. The van der Waals surface area contributed by atoms with Crippen molar-refractivity contribution in [1.82, 2.24) is 25.2 Å². The van der Waals surface area contributed by atoms with Crippen molar-refractivity contribution in [3.63, 3.8) is 0 Å². The molecule has 2 heterocycles. The van der Waals surface area contributed by atoms with Gasteiger partial charge >= 0.3 is 0 Å². The zero-order valence-electron chi connectivity index (χ0n) is 17.7. The van der Waals surface area contributed by atoms with E-state index in [4.69, 9.17) is 0 Å². The molecule has 1 fully saturated rings. The van der Waals surface area contributed by atoms with Crippen LogP contribution in [-0.2, 0) is 6.54 Å². The number of fused-ring (bicyclic) bond motifs is 1. The van der Waals surface area contributed by atoms with E-state index in [9.17, 15) is 4.79 Å². The second-order valence-corrected chi connectivity index (χ2v) is 9.14. The Morgan fingerprint density at radius 3 is 2.52 bits per heavy atom. The lowest BCUT2D eigenvalue weighted by Gasteiger charge is -2.10. The molecule has 1 N–H and O–H groups in total. The van der Waals surface area contributed by atoms with E-state index in [1.165, 1.54) is 9.38 Å². The summed E-state index contributed by atoms with van der Waals surface area (Å²) in [6.07, 6.45) is 1.82. The lowest BCUT2D eigenvalue weighted by atomic mass is 9.98. The molecule has 0 unspecified atom stereocenters. The molecule has 0 radical (unpaired) electrons. The van der Waals surface area contributed by atoms with Crippen molar-refractivity contribution >= 4 is 32.6 Å². The van der Waals surface area contributed by atoms with Gasteiger partial charge in [-0.2, -0.15) is 4.68 Å². The van der Waals surface area contributed by atoms with Gasteiger partial charge in [0.15, 0.2) is 11.0 Å². The van der Waals surface area contributed by atoms with Crippen LogP contribution < -0.4 is 5.32 Å². The van der Waals surface area contributed by atoms with Crippen LogP contribution in [0.5, 0.6) is 0 Å². The summed E-state index contributed by atoms with van der Waals surface area (Å²) in [7, 11) is 0. The maximum Gasteiger partial charge on any atom is 0.253 e. The van der Waals surface area contributed by atoms with Crippen molar-refractivity contribution in [3.05, 3.63) is 78.4 Å². The third-order valence-electron chi connectivity index (χ3n) is 5.78. The number of tetrazole rings is 1. The third kappa shape index (κ3) is 3.89. The summed E-state index contributed by atoms with van der Waals surface area (Å²) in [5.41, 5.74) is 5.05. The molecule has 0 atom stereocenters. The number of aromatic nitrogens is 5. The first kappa shape index (κ1) is 19.8. The van der Waals surface area contributed by atoms with Crippen LogP contribution >= 0.6 is 11.3 Å². The number of anilines is 1. The van der Waals surface area contributed by atoms with Crippen LogP contribution in [0.2, 0.25) is 0 Å². The number of carbonyl (C=O) groups is 1. The molecule has 0 saturated heterocycles. The summed E-state index contributed by atoms with van der Waals surface area (Å²) in [6.45, 7) is 0.690. The highest BCUT2D eigenvalue weighted by molar-refractivity contribution is 7.22. The smallest absolute Gasteiger partial charge is 0.253 e. The van der Waals surface area contributed by atoms with Crippen LogP contribution in [0.15, 0.2) is 72.8 Å². The lowest BCUT2D eigenvalue weighted by molar-refractivity contribution is 0.0870. The fourth-order valence-electron chi connectivity index (χ4n) is 3.86. The first-order valence-electron chi connectivity index (χ1n) is 10.9. The van der Waals surface area contributed by atoms with Gasteiger partial charge in [-0.25, -0.2) is 4.98 Å². The number of hydrogen-bond donors (Lipinski definition) is 1. The third-order valence-corrected chi connectivity index (χ3v) is 6.77. The molecule has 6 rings (SSSR count). The molecule has 33 heavy (non-hydrogen) atoms. The van der Waals surface area contributed by atoms with Crippen LogP contribution in [-0.4, -0.2) is 31.1 Å². The molecule has 3 aromatic carbocycles. The average molecular weight is 453 g/mol. The van der Waals surface area contributed by atoms with Crippen molar-refractivity contribution in [2.45, 2.75) is 19.4 Å². The second kappa shape index (κ2) is 8.22. The van der Waals surface area contributed by atoms with E-state index < -0.39 is 0 Å². The number of benzene rings is 3. The summed E-state index contributed by atoms with van der Waals surface area (Å²) in [5.74, 6) is 0.506. The maximum absolute atomic E-state index is 12.6. The van der Waals surface area contributed by atoms with Gasteiger partial charge in [0.25, 0.3) is 5.91 Å². The van der Waals surface area contributed by atoms with Gasteiger partial charge in [0.2, 0.25) is 0 Å². The fraction of sp³-hybridized carbons (Fsp3) is 0.160. The van der Waals surface area contributed by atoms with E-state index in [0.29, 0.717) is 12.4 Å². The number of nitrogens with zero attached hydrogens (tertiary/aromatic N) is 5. The van der Waals surface area contributed by atoms with Crippen molar-refractivity contribution in [2.75, 3.05) is 5.32 Å². The predicted molar refractivity (Wildman–Crippen MR) is 129 cm³/mol. The van der Waals surface area contributed by atoms with E-state index in [2.05, 4.69) is 56.2 Å². The maximum atomic E-state index is 12.6. The summed E-state index contributed by atoms with van der Waals surface area (Å²) in [6, 6.07) is 24.4. The van der Waals surface area contributed by atoms with Gasteiger partial charge in [-0.15, -0.1) is 5.10 Å². The van der Waals surface area contributed by atoms with E-state index in [0.717, 1.165) is 45.7 Å². The van der Waals surface area contributed by atoms with E-state index in [1.54, 1.807) is 11.3 Å². The fourth-order valence-corrected chi connectivity index (χ4v) is 4.73. The van der Waals surface area contributed by atoms with Gasteiger partial charge in [-0.1, -0.05) is 72.0 Å². The minimum Gasteiger partial charge on any atom is -0.357 e. The van der Waals surface area contributed by atoms with Crippen LogP contribution in [0, 0.1) is 5.92 Å². The quantitative estimate of drug-likeness (QED) is 0.353. The number of hydrogen-bond acceptors (Lipinski definition) is 7. The molecule has 7 nitrogen and oxygen atoms in total. The molecule has 1 saturated carbocycles. The van der Waals surface area contributed by atoms with E-state index in [1.807, 2.05) is 42.5 Å². The van der Waals surface area contributed by atoms with E-state index >= 15 is 0 Å². The standard InChI is InChI=1S/C25H20N6OS/c32-24(18-13-14-18)31-23(28-29-30-31)20-6-2-1-5-19(20)17-11-9-16(10-12-17)15-26-25-27-21-7-3-4-8-22(21)33-25/h1-12,18H,13-15H2,(H,26,27). The second-order valence-electron chi connectivity index (χ2n) is 8.11. The van der Waals surface area contributed by atoms with Gasteiger partial charge in [0.05, 0.1) is 10.2 Å². The monoisotopic (exact) mass is 452 g/mol. The largest absolute Gasteiger partial charge is 0.357 e. The Morgan fingerprint density at radius 2 is 1.73 bits per heavy atom. The van der Waals surface area contributed by atoms with Crippen molar-refractivity contribution in [2.24, 2.45) is 5.92 Å². The van der Waals surface area contributed by atoms with Gasteiger partial charge in [-0.05, 0) is 52.1 Å². The first-order chi connectivity index (χ1) is 16.3. The van der Waals surface area contributed by atoms with Crippen molar-refractivity contribution in [1.29, 1.82) is 0 Å². The number of carbonyl (C=O) groups excluding carboxylic acids is 1. The molecule has 2 aromatic heterocycles. The van der Waals surface area contributed by atoms with Gasteiger partial charge in [-0.3, -0.25) is 4.79 Å². The highest BCUT2D eigenvalue weighted by atomic mass is 32.1. The Bertz CT molecular complexity index is 1420. The highest BCUT2D eigenvalue weighted by Crippen LogP contribution is 2.34. The Hall–Kier alpha value is -3.91. The van der Waals surface area contributed by atoms with Gasteiger partial charge < -0.3 is 5.32 Å². The highest BCUT2D eigenvalue weighted by Gasteiger charge is 2.33. The molecular formula is C25H20N6OS. The summed E-state index contributed by atoms with van der Waals surface area (Å²) < 4.78 is 2.53. The summed E-state index contributed by atoms with van der Waals surface area (Å²) in [5, 5.41) is 16.2. The number of thiazole rings is 1. The molecule has 162 valence electrons. The average Bonchev–Trinajstić information content (AvgIpc) is 3.44. The molecular weight excluding hydrogens is 432 g/mol. The van der Waals surface area contributed by atoms with Gasteiger partial charge in [0.1, 0.15) is 0 Å². The predicted octanol–water partition coefficient (Wildman–Crippen LogP) is 5.28. The minimum atomic E-state index is -0.0268. The summed E-state index contributed by atoms with van der Waals surface area (Å²) in [4.78, 5) is 17.2. The van der Waals surface area contributed by atoms with Crippen molar-refractivity contribution < 1.29 is 4.79 Å². The molecule has 0 aliphatic heterocycles. The molecule has 8 heteroatoms. The van der Waals surface area contributed by atoms with Crippen molar-refractivity contribution in [3.8, 4) is 22.5 Å². The van der Waals surface area contributed by atoms with Crippen LogP contribution in [0.3, 0.4) is 0 Å². The van der Waals surface area contributed by atoms with Crippen LogP contribution in [0.25, 0.3) is 32.7 Å². The lowest BCUT2D eigenvalue weighted by Crippen LogP contribution is -2.16. The Morgan fingerprint density at radius 1 is 0.970 bits per heavy atom. The molecule has 0 spiro atoms. The SMILES string of the molecule is O=C(C1CC1)n1nnnc1-c1ccccc1-c1ccc(CNc2nc3ccccc3s2)cc1. The zero-order valence-corrected chi connectivity index (χ0v) is 18.5.